The molecule has 4 aromatic rings. The van der Waals surface area contributed by atoms with Crippen LogP contribution in [0, 0.1) is 0 Å². The van der Waals surface area contributed by atoms with E-state index in [1.165, 1.54) is 11.8 Å². The van der Waals surface area contributed by atoms with Gasteiger partial charge in [-0.2, -0.15) is 9.61 Å². The Kier molecular flexibility index (Phi) is 6.94. The Morgan fingerprint density at radius 3 is 2.61 bits per heavy atom. The predicted octanol–water partition coefficient (Wildman–Crippen LogP) is 3.94. The van der Waals surface area contributed by atoms with Crippen molar-refractivity contribution in [1.29, 1.82) is 0 Å². The maximum atomic E-state index is 12.5. The number of ether oxygens (including phenoxy) is 3. The Morgan fingerprint density at radius 2 is 1.82 bits per heavy atom. The molecule has 0 atom stereocenters. The molecule has 0 unspecified atom stereocenters. The number of carbonyl (C=O) groups excluding carboxylic acids is 1. The number of carbonyl (C=O) groups is 1. The molecular weight excluding hydrogens is 442 g/mol. The SMILES string of the molecule is CCOc1ccccc1NC(=O)CSc1ccc2nnc(-c3ccc(OC)c(OC)c3)n2n1. The topological polar surface area (TPSA) is 99.9 Å². The number of aromatic nitrogens is 4. The van der Waals surface area contributed by atoms with Crippen LogP contribution in [0.15, 0.2) is 59.6 Å². The second-order valence-corrected chi connectivity index (χ2v) is 7.80. The minimum Gasteiger partial charge on any atom is -0.493 e. The van der Waals surface area contributed by atoms with E-state index in [9.17, 15) is 4.79 Å². The monoisotopic (exact) mass is 465 g/mol. The van der Waals surface area contributed by atoms with E-state index in [0.717, 1.165) is 5.56 Å². The van der Waals surface area contributed by atoms with Crippen molar-refractivity contribution in [2.75, 3.05) is 31.9 Å². The van der Waals surface area contributed by atoms with Gasteiger partial charge in [-0.05, 0) is 49.4 Å². The number of hydrogen-bond donors (Lipinski definition) is 1. The van der Waals surface area contributed by atoms with E-state index in [4.69, 9.17) is 14.2 Å². The molecule has 0 aliphatic heterocycles. The lowest BCUT2D eigenvalue weighted by Crippen LogP contribution is -2.15. The van der Waals surface area contributed by atoms with Crippen LogP contribution in [-0.4, -0.2) is 52.3 Å². The summed E-state index contributed by atoms with van der Waals surface area (Å²) in [5.41, 5.74) is 2.02. The number of hydrogen-bond acceptors (Lipinski definition) is 8. The first-order valence-electron chi connectivity index (χ1n) is 10.2. The molecule has 2 aromatic carbocycles. The summed E-state index contributed by atoms with van der Waals surface area (Å²) in [6, 6.07) is 16.5. The lowest BCUT2D eigenvalue weighted by molar-refractivity contribution is -0.113. The maximum absolute atomic E-state index is 12.5. The standard InChI is InChI=1S/C23H23N5O4S/c1-4-32-17-8-6-5-7-16(17)24-21(29)14-33-22-12-11-20-25-26-23(28(20)27-22)15-9-10-18(30-2)19(13-15)31-3/h5-13H,4,14H2,1-3H3,(H,24,29). The van der Waals surface area contributed by atoms with Gasteiger partial charge >= 0.3 is 0 Å². The highest BCUT2D eigenvalue weighted by Gasteiger charge is 2.14. The number of thioether (sulfide) groups is 1. The van der Waals surface area contributed by atoms with Crippen molar-refractivity contribution in [2.24, 2.45) is 0 Å². The molecule has 0 bridgehead atoms. The molecule has 0 spiro atoms. The van der Waals surface area contributed by atoms with Crippen molar-refractivity contribution < 1.29 is 19.0 Å². The van der Waals surface area contributed by atoms with Gasteiger partial charge in [0.1, 0.15) is 10.8 Å². The van der Waals surface area contributed by atoms with E-state index in [1.54, 1.807) is 24.8 Å². The van der Waals surface area contributed by atoms with Gasteiger partial charge in [0, 0.05) is 5.56 Å². The number of para-hydroxylation sites is 2. The molecule has 0 saturated heterocycles. The van der Waals surface area contributed by atoms with Crippen molar-refractivity contribution >= 4 is 29.0 Å². The number of nitrogens with one attached hydrogen (secondary N) is 1. The van der Waals surface area contributed by atoms with Crippen molar-refractivity contribution in [2.45, 2.75) is 11.9 Å². The minimum atomic E-state index is -0.155. The summed E-state index contributed by atoms with van der Waals surface area (Å²) in [7, 11) is 3.16. The second-order valence-electron chi connectivity index (χ2n) is 6.80. The number of amides is 1. The highest BCUT2D eigenvalue weighted by atomic mass is 32.2. The maximum Gasteiger partial charge on any atom is 0.234 e. The lowest BCUT2D eigenvalue weighted by atomic mass is 10.2. The molecule has 0 radical (unpaired) electrons. The van der Waals surface area contributed by atoms with Crippen molar-refractivity contribution in [3.05, 3.63) is 54.6 Å². The number of fused-ring (bicyclic) bond motifs is 1. The van der Waals surface area contributed by atoms with E-state index >= 15 is 0 Å². The summed E-state index contributed by atoms with van der Waals surface area (Å²) in [5.74, 6) is 2.44. The quantitative estimate of drug-likeness (QED) is 0.371. The largest absolute Gasteiger partial charge is 0.493 e. The van der Waals surface area contributed by atoms with Crippen molar-refractivity contribution in [3.8, 4) is 28.6 Å². The van der Waals surface area contributed by atoms with Crippen LogP contribution >= 0.6 is 11.8 Å². The third-order valence-electron chi connectivity index (χ3n) is 4.69. The van der Waals surface area contributed by atoms with Gasteiger partial charge < -0.3 is 19.5 Å². The fourth-order valence-corrected chi connectivity index (χ4v) is 3.84. The fraction of sp³-hybridized carbons (Fsp3) is 0.217. The molecule has 0 saturated carbocycles. The molecule has 0 fully saturated rings. The Labute approximate surface area is 195 Å². The van der Waals surface area contributed by atoms with E-state index in [2.05, 4.69) is 20.6 Å². The van der Waals surface area contributed by atoms with Crippen molar-refractivity contribution in [1.82, 2.24) is 19.8 Å². The molecule has 170 valence electrons. The van der Waals surface area contributed by atoms with E-state index in [1.807, 2.05) is 55.5 Å². The van der Waals surface area contributed by atoms with Crippen LogP contribution in [0.4, 0.5) is 5.69 Å². The van der Waals surface area contributed by atoms with Crippen LogP contribution in [0.3, 0.4) is 0 Å². The van der Waals surface area contributed by atoms with E-state index in [-0.39, 0.29) is 11.7 Å². The van der Waals surface area contributed by atoms with Gasteiger partial charge in [0.25, 0.3) is 0 Å². The molecule has 1 amide bonds. The van der Waals surface area contributed by atoms with Gasteiger partial charge in [-0.15, -0.1) is 10.2 Å². The van der Waals surface area contributed by atoms with Crippen LogP contribution in [0.25, 0.3) is 17.0 Å². The molecule has 4 rings (SSSR count). The first kappa shape index (κ1) is 22.4. The summed E-state index contributed by atoms with van der Waals surface area (Å²) < 4.78 is 17.9. The van der Waals surface area contributed by atoms with Crippen LogP contribution in [0.1, 0.15) is 6.92 Å². The van der Waals surface area contributed by atoms with Crippen LogP contribution in [-0.2, 0) is 4.79 Å². The molecule has 2 aromatic heterocycles. The Balaban J connectivity index is 1.50. The number of methoxy groups -OCH3 is 2. The fourth-order valence-electron chi connectivity index (χ4n) is 3.18. The van der Waals surface area contributed by atoms with Gasteiger partial charge in [-0.25, -0.2) is 0 Å². The Morgan fingerprint density at radius 1 is 1.00 bits per heavy atom. The first-order valence-corrected chi connectivity index (χ1v) is 11.2. The second kappa shape index (κ2) is 10.2. The summed E-state index contributed by atoms with van der Waals surface area (Å²) >= 11 is 1.32. The smallest absolute Gasteiger partial charge is 0.234 e. The summed E-state index contributed by atoms with van der Waals surface area (Å²) in [5, 5.41) is 16.6. The van der Waals surface area contributed by atoms with E-state index < -0.39 is 0 Å². The Bertz CT molecular complexity index is 1280. The van der Waals surface area contributed by atoms with Crippen LogP contribution in [0.2, 0.25) is 0 Å². The van der Waals surface area contributed by atoms with Crippen molar-refractivity contribution in [3.63, 3.8) is 0 Å². The molecule has 33 heavy (non-hydrogen) atoms. The Hall–Kier alpha value is -3.79. The molecule has 9 nitrogen and oxygen atoms in total. The molecule has 0 aliphatic rings. The van der Waals surface area contributed by atoms with Gasteiger partial charge in [-0.1, -0.05) is 23.9 Å². The van der Waals surface area contributed by atoms with Crippen LogP contribution in [0.5, 0.6) is 17.2 Å². The molecule has 2 heterocycles. The summed E-state index contributed by atoms with van der Waals surface area (Å²) in [4.78, 5) is 12.5. The van der Waals surface area contributed by atoms with Crippen LogP contribution < -0.4 is 19.5 Å². The normalized spacial score (nSPS) is 10.8. The highest BCUT2D eigenvalue weighted by molar-refractivity contribution is 7.99. The molecule has 1 N–H and O–H groups in total. The minimum absolute atomic E-state index is 0.155. The molecule has 10 heteroatoms. The average Bonchev–Trinajstić information content (AvgIpc) is 3.27. The zero-order valence-electron chi connectivity index (χ0n) is 18.4. The zero-order chi connectivity index (χ0) is 23.2. The van der Waals surface area contributed by atoms with Gasteiger partial charge in [0.05, 0.1) is 32.3 Å². The van der Waals surface area contributed by atoms with Gasteiger partial charge in [0.2, 0.25) is 5.91 Å². The summed E-state index contributed by atoms with van der Waals surface area (Å²) in [6.45, 7) is 2.42. The average molecular weight is 466 g/mol. The number of rotatable bonds is 9. The third kappa shape index (κ3) is 5.01. The highest BCUT2D eigenvalue weighted by Crippen LogP contribution is 2.32. The summed E-state index contributed by atoms with van der Waals surface area (Å²) in [6.07, 6.45) is 0. The predicted molar refractivity (Wildman–Crippen MR) is 126 cm³/mol. The van der Waals surface area contributed by atoms with Gasteiger partial charge in [0.15, 0.2) is 23.0 Å². The first-order chi connectivity index (χ1) is 16.1. The number of nitrogens with zero attached hydrogens (tertiary/aromatic N) is 4. The van der Waals surface area contributed by atoms with E-state index in [0.29, 0.717) is 46.0 Å². The zero-order valence-corrected chi connectivity index (χ0v) is 19.3. The lowest BCUT2D eigenvalue weighted by Gasteiger charge is -2.11. The third-order valence-corrected chi connectivity index (χ3v) is 5.61. The molecular formula is C23H23N5O4S. The molecule has 0 aliphatic carbocycles. The number of anilines is 1. The van der Waals surface area contributed by atoms with Gasteiger partial charge in [-0.3, -0.25) is 4.79 Å². The number of benzene rings is 2.